The van der Waals surface area contributed by atoms with E-state index in [1.807, 2.05) is 29.7 Å². The van der Waals surface area contributed by atoms with Crippen LogP contribution in [0.1, 0.15) is 5.56 Å². The van der Waals surface area contributed by atoms with Crippen LogP contribution in [0.5, 0.6) is 5.75 Å². The molecule has 1 N–H and O–H groups in total. The van der Waals surface area contributed by atoms with E-state index in [0.29, 0.717) is 15.5 Å². The quantitative estimate of drug-likeness (QED) is 0.726. The van der Waals surface area contributed by atoms with Gasteiger partial charge in [0.15, 0.2) is 10.4 Å². The zero-order valence-electron chi connectivity index (χ0n) is 11.0. The SMILES string of the molecule is COc1ccc(Cl)cc1-n1c(=S)[nH]c2c(C)ccnc21. The van der Waals surface area contributed by atoms with E-state index >= 15 is 0 Å². The van der Waals surface area contributed by atoms with E-state index in [9.17, 15) is 0 Å². The number of rotatable bonds is 2. The molecule has 3 aromatic rings. The molecule has 1 aromatic carbocycles. The maximum atomic E-state index is 6.09. The lowest BCUT2D eigenvalue weighted by atomic mass is 10.2. The number of methoxy groups -OCH3 is 1. The number of nitrogens with one attached hydrogen (secondary N) is 1. The molecule has 0 aliphatic heterocycles. The summed E-state index contributed by atoms with van der Waals surface area (Å²) in [4.78, 5) is 7.59. The van der Waals surface area contributed by atoms with Crippen molar-refractivity contribution in [2.75, 3.05) is 7.11 Å². The number of H-pyrrole nitrogens is 1. The van der Waals surface area contributed by atoms with Crippen LogP contribution >= 0.6 is 23.8 Å². The zero-order chi connectivity index (χ0) is 14.3. The molecule has 0 aliphatic carbocycles. The number of aromatic amines is 1. The van der Waals surface area contributed by atoms with Crippen molar-refractivity contribution >= 4 is 35.0 Å². The first-order chi connectivity index (χ1) is 9.61. The molecule has 102 valence electrons. The largest absolute Gasteiger partial charge is 0.495 e. The van der Waals surface area contributed by atoms with Crippen LogP contribution in [0.25, 0.3) is 16.9 Å². The number of aryl methyl sites for hydroxylation is 1. The molecule has 4 nitrogen and oxygen atoms in total. The maximum absolute atomic E-state index is 6.09. The second kappa shape index (κ2) is 4.92. The van der Waals surface area contributed by atoms with E-state index in [0.717, 1.165) is 22.4 Å². The Balaban J connectivity index is 2.41. The number of imidazole rings is 1. The number of hydrogen-bond donors (Lipinski definition) is 1. The zero-order valence-corrected chi connectivity index (χ0v) is 12.5. The topological polar surface area (TPSA) is 42.8 Å². The molecule has 3 rings (SSSR count). The molecule has 2 heterocycles. The first kappa shape index (κ1) is 13.1. The van der Waals surface area contributed by atoms with Crippen LogP contribution in [0.3, 0.4) is 0 Å². The third-order valence-electron chi connectivity index (χ3n) is 3.17. The molecular weight excluding hydrogens is 294 g/mol. The minimum absolute atomic E-state index is 0.558. The van der Waals surface area contributed by atoms with Gasteiger partial charge >= 0.3 is 0 Å². The van der Waals surface area contributed by atoms with Gasteiger partial charge in [-0.2, -0.15) is 0 Å². The summed E-state index contributed by atoms with van der Waals surface area (Å²) in [6.07, 6.45) is 1.76. The Morgan fingerprint density at radius 3 is 2.90 bits per heavy atom. The number of pyridine rings is 1. The molecule has 0 unspecified atom stereocenters. The summed E-state index contributed by atoms with van der Waals surface area (Å²) in [7, 11) is 1.61. The minimum Gasteiger partial charge on any atom is -0.495 e. The second-order valence-electron chi connectivity index (χ2n) is 4.41. The van der Waals surface area contributed by atoms with Crippen molar-refractivity contribution in [2.24, 2.45) is 0 Å². The van der Waals surface area contributed by atoms with E-state index in [1.165, 1.54) is 0 Å². The van der Waals surface area contributed by atoms with Crippen LogP contribution in [0.15, 0.2) is 30.5 Å². The highest BCUT2D eigenvalue weighted by molar-refractivity contribution is 7.71. The smallest absolute Gasteiger partial charge is 0.184 e. The Morgan fingerprint density at radius 1 is 1.35 bits per heavy atom. The van der Waals surface area contributed by atoms with Gasteiger partial charge in [0.2, 0.25) is 0 Å². The fourth-order valence-corrected chi connectivity index (χ4v) is 2.64. The predicted octanol–water partition coefficient (Wildman–Crippen LogP) is 4.05. The van der Waals surface area contributed by atoms with Gasteiger partial charge in [0.05, 0.1) is 18.3 Å². The van der Waals surface area contributed by atoms with Crippen molar-refractivity contribution in [3.63, 3.8) is 0 Å². The number of ether oxygens (including phenoxy) is 1. The first-order valence-electron chi connectivity index (χ1n) is 6.02. The van der Waals surface area contributed by atoms with Gasteiger partial charge in [-0.05, 0) is 49.0 Å². The van der Waals surface area contributed by atoms with Crippen LogP contribution in [-0.4, -0.2) is 21.6 Å². The number of hydrogen-bond acceptors (Lipinski definition) is 3. The molecule has 0 radical (unpaired) electrons. The molecule has 0 saturated heterocycles. The first-order valence-corrected chi connectivity index (χ1v) is 6.80. The molecule has 0 amide bonds. The lowest BCUT2D eigenvalue weighted by Crippen LogP contribution is -1.99. The molecule has 0 spiro atoms. The summed E-state index contributed by atoms with van der Waals surface area (Å²) in [5.74, 6) is 0.690. The summed E-state index contributed by atoms with van der Waals surface area (Å²) >= 11 is 11.5. The maximum Gasteiger partial charge on any atom is 0.184 e. The Hall–Kier alpha value is -1.85. The molecule has 2 aromatic heterocycles. The fraction of sp³-hybridized carbons (Fsp3) is 0.143. The average Bonchev–Trinajstić information content (AvgIpc) is 2.76. The van der Waals surface area contributed by atoms with Crippen LogP contribution in [0.4, 0.5) is 0 Å². The van der Waals surface area contributed by atoms with E-state index in [1.54, 1.807) is 19.4 Å². The monoisotopic (exact) mass is 305 g/mol. The molecule has 20 heavy (non-hydrogen) atoms. The summed E-state index contributed by atoms with van der Waals surface area (Å²) < 4.78 is 7.78. The average molecular weight is 306 g/mol. The molecule has 6 heteroatoms. The van der Waals surface area contributed by atoms with Crippen molar-refractivity contribution in [3.8, 4) is 11.4 Å². The number of nitrogens with zero attached hydrogens (tertiary/aromatic N) is 2. The molecule has 0 bridgehead atoms. The van der Waals surface area contributed by atoms with E-state index < -0.39 is 0 Å². The summed E-state index contributed by atoms with van der Waals surface area (Å²) in [6.45, 7) is 2.01. The number of benzene rings is 1. The molecule has 0 aliphatic rings. The lowest BCUT2D eigenvalue weighted by molar-refractivity contribution is 0.413. The molecule has 0 saturated carbocycles. The van der Waals surface area contributed by atoms with Gasteiger partial charge in [-0.25, -0.2) is 4.98 Å². The fourth-order valence-electron chi connectivity index (χ4n) is 2.19. The van der Waals surface area contributed by atoms with Crippen molar-refractivity contribution in [3.05, 3.63) is 45.8 Å². The molecule has 0 fully saturated rings. The minimum atomic E-state index is 0.558. The van der Waals surface area contributed by atoms with Crippen LogP contribution in [0.2, 0.25) is 5.02 Å². The highest BCUT2D eigenvalue weighted by Gasteiger charge is 2.13. The highest BCUT2D eigenvalue weighted by atomic mass is 35.5. The third kappa shape index (κ3) is 1.99. The van der Waals surface area contributed by atoms with Crippen LogP contribution in [0, 0.1) is 11.7 Å². The normalized spacial score (nSPS) is 10.9. The number of aromatic nitrogens is 3. The van der Waals surface area contributed by atoms with E-state index in [-0.39, 0.29) is 0 Å². The summed E-state index contributed by atoms with van der Waals surface area (Å²) in [6, 6.07) is 7.34. The van der Waals surface area contributed by atoms with Gasteiger partial charge < -0.3 is 9.72 Å². The number of halogens is 1. The molecule has 0 atom stereocenters. The Kier molecular flexibility index (Phi) is 3.23. The van der Waals surface area contributed by atoms with Gasteiger partial charge in [-0.15, -0.1) is 0 Å². The predicted molar refractivity (Wildman–Crippen MR) is 82.6 cm³/mol. The Labute approximate surface area is 126 Å². The molecular formula is C14H12ClN3OS. The van der Waals surface area contributed by atoms with Crippen molar-refractivity contribution in [1.82, 2.24) is 14.5 Å². The van der Waals surface area contributed by atoms with Crippen molar-refractivity contribution in [2.45, 2.75) is 6.92 Å². The van der Waals surface area contributed by atoms with Gasteiger partial charge in [0.1, 0.15) is 5.75 Å². The highest BCUT2D eigenvalue weighted by Crippen LogP contribution is 2.29. The van der Waals surface area contributed by atoms with Crippen molar-refractivity contribution in [1.29, 1.82) is 0 Å². The van der Waals surface area contributed by atoms with Crippen molar-refractivity contribution < 1.29 is 4.74 Å². The van der Waals surface area contributed by atoms with E-state index in [4.69, 9.17) is 28.6 Å². The standard InChI is InChI=1S/C14H12ClN3OS/c1-8-5-6-16-13-12(8)17-14(20)18(13)10-7-9(15)3-4-11(10)19-2/h3-7H,1-2H3,(H,17,20). The Bertz CT molecular complexity index is 853. The van der Waals surface area contributed by atoms with Crippen LogP contribution < -0.4 is 4.74 Å². The van der Waals surface area contributed by atoms with Crippen LogP contribution in [-0.2, 0) is 0 Å². The van der Waals surface area contributed by atoms with Gasteiger partial charge in [0.25, 0.3) is 0 Å². The summed E-state index contributed by atoms with van der Waals surface area (Å²) in [5, 5.41) is 0.615. The lowest BCUT2D eigenvalue weighted by Gasteiger charge is -2.10. The van der Waals surface area contributed by atoms with E-state index in [2.05, 4.69) is 9.97 Å². The van der Waals surface area contributed by atoms with Gasteiger partial charge in [0, 0.05) is 11.2 Å². The summed E-state index contributed by atoms with van der Waals surface area (Å²) in [5.41, 5.74) is 3.53. The Morgan fingerprint density at radius 2 is 2.15 bits per heavy atom. The second-order valence-corrected chi connectivity index (χ2v) is 5.23. The third-order valence-corrected chi connectivity index (χ3v) is 3.69. The van der Waals surface area contributed by atoms with Gasteiger partial charge in [-0.1, -0.05) is 11.6 Å². The van der Waals surface area contributed by atoms with Gasteiger partial charge in [-0.3, -0.25) is 4.57 Å². The number of fused-ring (bicyclic) bond motifs is 1.